The summed E-state index contributed by atoms with van der Waals surface area (Å²) in [6.45, 7) is 5.23. The third-order valence-corrected chi connectivity index (χ3v) is 3.76. The molecule has 0 saturated carbocycles. The van der Waals surface area contributed by atoms with Crippen LogP contribution in [0, 0.1) is 0 Å². The van der Waals surface area contributed by atoms with E-state index in [0.717, 1.165) is 4.47 Å². The minimum absolute atomic E-state index is 0.0227. The molecule has 1 aliphatic rings. The van der Waals surface area contributed by atoms with Gasteiger partial charge in [-0.2, -0.15) is 0 Å². The molecule has 98 valence electrons. The molecule has 0 unspecified atom stereocenters. The minimum atomic E-state index is 0.0227. The van der Waals surface area contributed by atoms with Gasteiger partial charge in [-0.15, -0.1) is 12.6 Å². The highest BCUT2D eigenvalue weighted by Crippen LogP contribution is 2.22. The zero-order valence-electron chi connectivity index (χ0n) is 10.4. The van der Waals surface area contributed by atoms with Crippen LogP contribution in [0.5, 0.6) is 0 Å². The maximum absolute atomic E-state index is 12.4. The maximum Gasteiger partial charge on any atom is 0.255 e. The number of hydrogen-bond acceptors (Lipinski definition) is 3. The molecular weight excluding hydrogens is 314 g/mol. The summed E-state index contributed by atoms with van der Waals surface area (Å²) < 4.78 is 6.56. The van der Waals surface area contributed by atoms with Crippen molar-refractivity contribution in [3.8, 4) is 0 Å². The van der Waals surface area contributed by atoms with Crippen molar-refractivity contribution in [1.82, 2.24) is 4.90 Å². The molecule has 1 fully saturated rings. The Kier molecular flexibility index (Phi) is 4.35. The van der Waals surface area contributed by atoms with Gasteiger partial charge in [0.1, 0.15) is 0 Å². The van der Waals surface area contributed by atoms with Gasteiger partial charge in [0.15, 0.2) is 0 Å². The first kappa shape index (κ1) is 13.9. The molecular formula is C13H16BrNO2S. The molecule has 18 heavy (non-hydrogen) atoms. The van der Waals surface area contributed by atoms with E-state index in [9.17, 15) is 4.79 Å². The Morgan fingerprint density at radius 2 is 2.00 bits per heavy atom. The van der Waals surface area contributed by atoms with Crippen molar-refractivity contribution in [1.29, 1.82) is 0 Å². The van der Waals surface area contributed by atoms with Gasteiger partial charge in [-0.1, -0.05) is 15.9 Å². The Morgan fingerprint density at radius 1 is 1.39 bits per heavy atom. The van der Waals surface area contributed by atoms with E-state index in [4.69, 9.17) is 4.74 Å². The lowest BCUT2D eigenvalue weighted by atomic mass is 10.1. The summed E-state index contributed by atoms with van der Waals surface area (Å²) in [5.41, 5.74) is 0.642. The Balaban J connectivity index is 2.20. The van der Waals surface area contributed by atoms with Crippen molar-refractivity contribution in [2.75, 3.05) is 13.1 Å². The topological polar surface area (TPSA) is 29.5 Å². The molecule has 1 aromatic carbocycles. The molecule has 1 aromatic rings. The van der Waals surface area contributed by atoms with Crippen LogP contribution in [0.4, 0.5) is 0 Å². The van der Waals surface area contributed by atoms with Crippen LogP contribution in [-0.2, 0) is 4.74 Å². The van der Waals surface area contributed by atoms with E-state index in [1.807, 2.05) is 30.9 Å². The summed E-state index contributed by atoms with van der Waals surface area (Å²) in [7, 11) is 0. The third-order valence-electron chi connectivity index (χ3n) is 2.90. The van der Waals surface area contributed by atoms with Gasteiger partial charge in [0.25, 0.3) is 5.91 Å². The number of hydrogen-bond donors (Lipinski definition) is 1. The van der Waals surface area contributed by atoms with Crippen LogP contribution in [0.3, 0.4) is 0 Å². The normalized spacial score (nSPS) is 24.1. The number of nitrogens with zero attached hydrogens (tertiary/aromatic N) is 1. The van der Waals surface area contributed by atoms with Crippen LogP contribution in [0.15, 0.2) is 27.6 Å². The average molecular weight is 330 g/mol. The molecule has 5 heteroatoms. The van der Waals surface area contributed by atoms with Crippen molar-refractivity contribution >= 4 is 34.5 Å². The molecule has 0 N–H and O–H groups in total. The van der Waals surface area contributed by atoms with Crippen molar-refractivity contribution in [2.24, 2.45) is 0 Å². The number of amides is 1. The average Bonchev–Trinajstić information content (AvgIpc) is 2.26. The molecule has 0 aromatic heterocycles. The molecule has 1 amide bonds. The van der Waals surface area contributed by atoms with E-state index in [2.05, 4.69) is 28.6 Å². The number of thiol groups is 1. The van der Waals surface area contributed by atoms with E-state index in [-0.39, 0.29) is 18.1 Å². The number of ether oxygens (including phenoxy) is 1. The fourth-order valence-corrected chi connectivity index (χ4v) is 3.05. The van der Waals surface area contributed by atoms with Crippen molar-refractivity contribution in [3.63, 3.8) is 0 Å². The Hall–Kier alpha value is -0.520. The van der Waals surface area contributed by atoms with Crippen LogP contribution in [0.1, 0.15) is 24.2 Å². The molecule has 2 atom stereocenters. The first-order valence-corrected chi connectivity index (χ1v) is 7.14. The lowest BCUT2D eigenvalue weighted by Crippen LogP contribution is -2.48. The zero-order chi connectivity index (χ0) is 13.3. The van der Waals surface area contributed by atoms with Gasteiger partial charge >= 0.3 is 0 Å². The standard InChI is InChI=1S/C13H16BrNO2S/c1-8-6-15(7-9(2)17-8)13(16)11-4-3-10(14)5-12(11)18/h3-5,8-9,18H,6-7H2,1-2H3/t8-,9+. The van der Waals surface area contributed by atoms with E-state index in [0.29, 0.717) is 23.5 Å². The number of morpholine rings is 1. The molecule has 3 nitrogen and oxygen atoms in total. The Bertz CT molecular complexity index is 456. The molecule has 0 bridgehead atoms. The first-order chi connectivity index (χ1) is 8.47. The van der Waals surface area contributed by atoms with Crippen LogP contribution < -0.4 is 0 Å². The number of carbonyl (C=O) groups excluding carboxylic acids is 1. The monoisotopic (exact) mass is 329 g/mol. The predicted molar refractivity (Wildman–Crippen MR) is 77.3 cm³/mol. The zero-order valence-corrected chi connectivity index (χ0v) is 12.9. The molecule has 0 spiro atoms. The summed E-state index contributed by atoms with van der Waals surface area (Å²) in [4.78, 5) is 15.0. The van der Waals surface area contributed by atoms with Gasteiger partial charge in [-0.05, 0) is 32.0 Å². The number of carbonyl (C=O) groups is 1. The highest BCUT2D eigenvalue weighted by atomic mass is 79.9. The van der Waals surface area contributed by atoms with Gasteiger partial charge in [-0.25, -0.2) is 0 Å². The Labute approximate surface area is 121 Å². The molecule has 0 radical (unpaired) electrons. The summed E-state index contributed by atoms with van der Waals surface area (Å²) in [5, 5.41) is 0. The predicted octanol–water partition coefficient (Wildman–Crippen LogP) is 2.99. The first-order valence-electron chi connectivity index (χ1n) is 5.90. The summed E-state index contributed by atoms with van der Waals surface area (Å²) in [6.07, 6.45) is 0.160. The lowest BCUT2D eigenvalue weighted by molar-refractivity contribution is -0.0586. The molecule has 1 aliphatic heterocycles. The smallest absolute Gasteiger partial charge is 0.255 e. The maximum atomic E-state index is 12.4. The third kappa shape index (κ3) is 3.08. The molecule has 2 rings (SSSR count). The lowest BCUT2D eigenvalue weighted by Gasteiger charge is -2.35. The van der Waals surface area contributed by atoms with Crippen molar-refractivity contribution in [2.45, 2.75) is 31.0 Å². The second-order valence-electron chi connectivity index (χ2n) is 4.63. The fourth-order valence-electron chi connectivity index (χ4n) is 2.20. The SMILES string of the molecule is C[C@@H]1CN(C(=O)c2ccc(Br)cc2S)C[C@H](C)O1. The molecule has 1 heterocycles. The summed E-state index contributed by atoms with van der Waals surface area (Å²) >= 11 is 7.73. The number of halogens is 1. The highest BCUT2D eigenvalue weighted by Gasteiger charge is 2.27. The summed E-state index contributed by atoms with van der Waals surface area (Å²) in [5.74, 6) is 0.0227. The van der Waals surface area contributed by atoms with Crippen LogP contribution >= 0.6 is 28.6 Å². The Morgan fingerprint density at radius 3 is 2.56 bits per heavy atom. The fraction of sp³-hybridized carbons (Fsp3) is 0.462. The summed E-state index contributed by atoms with van der Waals surface area (Å²) in [6, 6.07) is 5.50. The molecule has 0 aliphatic carbocycles. The number of benzene rings is 1. The van der Waals surface area contributed by atoms with E-state index < -0.39 is 0 Å². The quantitative estimate of drug-likeness (QED) is 0.802. The van der Waals surface area contributed by atoms with Crippen molar-refractivity contribution < 1.29 is 9.53 Å². The van der Waals surface area contributed by atoms with Gasteiger partial charge < -0.3 is 9.64 Å². The van der Waals surface area contributed by atoms with Crippen molar-refractivity contribution in [3.05, 3.63) is 28.2 Å². The van der Waals surface area contributed by atoms with Crippen LogP contribution in [-0.4, -0.2) is 36.1 Å². The van der Waals surface area contributed by atoms with Gasteiger partial charge in [0.2, 0.25) is 0 Å². The second-order valence-corrected chi connectivity index (χ2v) is 6.03. The van der Waals surface area contributed by atoms with E-state index in [1.165, 1.54) is 0 Å². The van der Waals surface area contributed by atoms with Crippen LogP contribution in [0.25, 0.3) is 0 Å². The second kappa shape index (κ2) is 5.63. The van der Waals surface area contributed by atoms with Gasteiger partial charge in [0, 0.05) is 22.5 Å². The highest BCUT2D eigenvalue weighted by molar-refractivity contribution is 9.10. The van der Waals surface area contributed by atoms with E-state index in [1.54, 1.807) is 6.07 Å². The van der Waals surface area contributed by atoms with E-state index >= 15 is 0 Å². The molecule has 1 saturated heterocycles. The largest absolute Gasteiger partial charge is 0.372 e. The van der Waals surface area contributed by atoms with Crippen LogP contribution in [0.2, 0.25) is 0 Å². The minimum Gasteiger partial charge on any atom is -0.372 e. The number of rotatable bonds is 1. The van der Waals surface area contributed by atoms with Gasteiger partial charge in [0.05, 0.1) is 17.8 Å². The van der Waals surface area contributed by atoms with Gasteiger partial charge in [-0.3, -0.25) is 4.79 Å².